The average molecular weight is 376 g/mol. The van der Waals surface area contributed by atoms with Gasteiger partial charge in [-0.25, -0.2) is 0 Å². The van der Waals surface area contributed by atoms with Crippen molar-refractivity contribution in [3.05, 3.63) is 42.5 Å². The second-order valence-corrected chi connectivity index (χ2v) is 5.43. The van der Waals surface area contributed by atoms with E-state index < -0.39 is 23.0 Å². The third kappa shape index (κ3) is 4.48. The number of rotatable bonds is 1. The lowest BCUT2D eigenvalue weighted by Gasteiger charge is -2.12. The molecule has 0 aliphatic carbocycles. The molecule has 0 heterocycles. The van der Waals surface area contributed by atoms with Crippen molar-refractivity contribution in [1.29, 1.82) is 0 Å². The van der Waals surface area contributed by atoms with Gasteiger partial charge in [-0.3, -0.25) is 0 Å². The number of aromatic hydroxyl groups is 9. The molecule has 0 fully saturated rings. The van der Waals surface area contributed by atoms with Gasteiger partial charge in [-0.15, -0.1) is 0 Å². The van der Waals surface area contributed by atoms with E-state index in [1.54, 1.807) is 0 Å². The summed E-state index contributed by atoms with van der Waals surface area (Å²) in [6.07, 6.45) is 0. The second-order valence-electron chi connectivity index (χ2n) is 5.43. The van der Waals surface area contributed by atoms with Crippen LogP contribution in [-0.4, -0.2) is 46.0 Å². The van der Waals surface area contributed by atoms with E-state index in [4.69, 9.17) is 25.5 Å². The van der Waals surface area contributed by atoms with Gasteiger partial charge < -0.3 is 46.0 Å². The lowest BCUT2D eigenvalue weighted by molar-refractivity contribution is 0.419. The molecule has 3 aromatic carbocycles. The van der Waals surface area contributed by atoms with Crippen LogP contribution < -0.4 is 0 Å². The Bertz CT molecular complexity index is 831. The molecule has 142 valence electrons. The maximum atomic E-state index is 9.64. The Hall–Kier alpha value is -4.14. The summed E-state index contributed by atoms with van der Waals surface area (Å²) in [5.74, 6) is -3.27. The summed E-state index contributed by atoms with van der Waals surface area (Å²) in [7, 11) is 0. The highest BCUT2D eigenvalue weighted by Crippen LogP contribution is 2.48. The summed E-state index contributed by atoms with van der Waals surface area (Å²) in [5.41, 5.74) is -0.495. The number of phenols is 9. The van der Waals surface area contributed by atoms with Crippen molar-refractivity contribution in [3.63, 3.8) is 0 Å². The van der Waals surface area contributed by atoms with E-state index in [0.717, 1.165) is 42.5 Å². The Morgan fingerprint density at radius 2 is 0.481 bits per heavy atom. The normalized spacial score (nSPS) is 10.1. The van der Waals surface area contributed by atoms with Crippen molar-refractivity contribution in [2.45, 2.75) is 0 Å². The lowest BCUT2D eigenvalue weighted by Crippen LogP contribution is -1.84. The van der Waals surface area contributed by atoms with Crippen LogP contribution in [0, 0.1) is 0 Å². The van der Waals surface area contributed by atoms with E-state index in [0.29, 0.717) is 0 Å². The predicted octanol–water partition coefficient (Wildman–Crippen LogP) is 2.39. The maximum Gasteiger partial charge on any atom is 0.131 e. The number of hydrogen-bond donors (Lipinski definition) is 9. The Morgan fingerprint density at radius 1 is 0.296 bits per heavy atom. The molecule has 0 saturated carbocycles. The van der Waals surface area contributed by atoms with E-state index in [1.807, 2.05) is 0 Å². The Kier molecular flexibility index (Phi) is 5.26. The van der Waals surface area contributed by atoms with E-state index >= 15 is 0 Å². The zero-order chi connectivity index (χ0) is 20.3. The maximum absolute atomic E-state index is 9.64. The highest BCUT2D eigenvalue weighted by molar-refractivity contribution is 5.85. The van der Waals surface area contributed by atoms with Crippen molar-refractivity contribution in [3.8, 4) is 62.9 Å². The standard InChI is InChI=1S/C12H10O6.C6H6O3/c13-5-1-7(15)11(8(16)2-5)12-9(17)3-6(14)4-10(12)18;7-4-1-5(8)3-6(9)2-4/h1-4,13-18H;1-3,7-9H. The minimum atomic E-state index is -0.524. The van der Waals surface area contributed by atoms with Crippen LogP contribution in [0.25, 0.3) is 11.1 Å². The van der Waals surface area contributed by atoms with Crippen LogP contribution in [-0.2, 0) is 0 Å². The number of benzene rings is 3. The quantitative estimate of drug-likeness (QED) is 0.308. The Labute approximate surface area is 152 Å². The average Bonchev–Trinajstić information content (AvgIpc) is 2.48. The first-order chi connectivity index (χ1) is 12.6. The van der Waals surface area contributed by atoms with Gasteiger partial charge in [0.2, 0.25) is 0 Å². The third-order valence-corrected chi connectivity index (χ3v) is 3.30. The minimum Gasteiger partial charge on any atom is -0.508 e. The van der Waals surface area contributed by atoms with Crippen LogP contribution >= 0.6 is 0 Å². The molecular weight excluding hydrogens is 360 g/mol. The van der Waals surface area contributed by atoms with Crippen LogP contribution in [0.5, 0.6) is 51.7 Å². The molecule has 3 rings (SSSR count). The first-order valence-electron chi connectivity index (χ1n) is 7.30. The SMILES string of the molecule is Oc1cc(O)c(-c2c(O)cc(O)cc2O)c(O)c1.Oc1cc(O)cc(O)c1. The van der Waals surface area contributed by atoms with Crippen LogP contribution in [0.4, 0.5) is 0 Å². The highest BCUT2D eigenvalue weighted by atomic mass is 16.3. The van der Waals surface area contributed by atoms with E-state index in [9.17, 15) is 20.4 Å². The summed E-state index contributed by atoms with van der Waals surface area (Å²) >= 11 is 0. The fraction of sp³-hybridized carbons (Fsp3) is 0. The molecule has 9 heteroatoms. The molecule has 0 bridgehead atoms. The fourth-order valence-electron chi connectivity index (χ4n) is 2.29. The predicted molar refractivity (Wildman–Crippen MR) is 93.3 cm³/mol. The van der Waals surface area contributed by atoms with Gasteiger partial charge in [0.05, 0.1) is 11.1 Å². The summed E-state index contributed by atoms with van der Waals surface area (Å²) in [5, 5.41) is 82.9. The monoisotopic (exact) mass is 376 g/mol. The summed E-state index contributed by atoms with van der Waals surface area (Å²) in [4.78, 5) is 0. The van der Waals surface area contributed by atoms with Crippen LogP contribution in [0.1, 0.15) is 0 Å². The summed E-state index contributed by atoms with van der Waals surface area (Å²) < 4.78 is 0. The van der Waals surface area contributed by atoms with Gasteiger partial charge in [0.25, 0.3) is 0 Å². The van der Waals surface area contributed by atoms with Crippen molar-refractivity contribution >= 4 is 0 Å². The molecule has 0 spiro atoms. The lowest BCUT2D eigenvalue weighted by atomic mass is 10.0. The van der Waals surface area contributed by atoms with Crippen LogP contribution in [0.3, 0.4) is 0 Å². The van der Waals surface area contributed by atoms with Crippen molar-refractivity contribution < 1.29 is 46.0 Å². The van der Waals surface area contributed by atoms with Gasteiger partial charge in [0.15, 0.2) is 0 Å². The van der Waals surface area contributed by atoms with Gasteiger partial charge in [0.1, 0.15) is 51.7 Å². The Morgan fingerprint density at radius 3 is 0.704 bits per heavy atom. The molecule has 27 heavy (non-hydrogen) atoms. The molecule has 0 amide bonds. The van der Waals surface area contributed by atoms with Gasteiger partial charge in [-0.1, -0.05) is 0 Å². The largest absolute Gasteiger partial charge is 0.508 e. The molecule has 0 unspecified atom stereocenters. The van der Waals surface area contributed by atoms with Gasteiger partial charge in [0, 0.05) is 42.5 Å². The highest BCUT2D eigenvalue weighted by Gasteiger charge is 2.20. The first-order valence-corrected chi connectivity index (χ1v) is 7.30. The second kappa shape index (κ2) is 7.40. The third-order valence-electron chi connectivity index (χ3n) is 3.30. The van der Waals surface area contributed by atoms with Crippen molar-refractivity contribution in [1.82, 2.24) is 0 Å². The molecule has 9 N–H and O–H groups in total. The first kappa shape index (κ1) is 19.2. The van der Waals surface area contributed by atoms with Gasteiger partial charge >= 0.3 is 0 Å². The fourth-order valence-corrected chi connectivity index (χ4v) is 2.29. The summed E-state index contributed by atoms with van der Waals surface area (Å²) in [6, 6.07) is 7.20. The molecule has 0 aliphatic rings. The topological polar surface area (TPSA) is 182 Å². The number of phenolic OH excluding ortho intramolecular Hbond substituents is 9. The zero-order valence-corrected chi connectivity index (χ0v) is 13.6. The molecule has 0 radical (unpaired) electrons. The zero-order valence-electron chi connectivity index (χ0n) is 13.6. The van der Waals surface area contributed by atoms with Crippen LogP contribution in [0.15, 0.2) is 42.5 Å². The molecular formula is C18H16O9. The smallest absolute Gasteiger partial charge is 0.131 e. The summed E-state index contributed by atoms with van der Waals surface area (Å²) in [6.45, 7) is 0. The molecule has 3 aromatic rings. The van der Waals surface area contributed by atoms with Gasteiger partial charge in [-0.2, -0.15) is 0 Å². The van der Waals surface area contributed by atoms with E-state index in [2.05, 4.69) is 0 Å². The number of hydrogen-bond acceptors (Lipinski definition) is 9. The molecule has 0 saturated heterocycles. The molecule has 0 atom stereocenters. The molecule has 0 aliphatic heterocycles. The van der Waals surface area contributed by atoms with Gasteiger partial charge in [-0.05, 0) is 0 Å². The van der Waals surface area contributed by atoms with Crippen molar-refractivity contribution in [2.24, 2.45) is 0 Å². The molecule has 9 nitrogen and oxygen atoms in total. The molecule has 0 aromatic heterocycles. The minimum absolute atomic E-state index is 0.146. The van der Waals surface area contributed by atoms with E-state index in [1.165, 1.54) is 0 Å². The van der Waals surface area contributed by atoms with Crippen molar-refractivity contribution in [2.75, 3.05) is 0 Å². The Balaban J connectivity index is 0.000000244. The van der Waals surface area contributed by atoms with E-state index in [-0.39, 0.29) is 39.9 Å². The van der Waals surface area contributed by atoms with Crippen LogP contribution in [0.2, 0.25) is 0 Å².